The fourth-order valence-corrected chi connectivity index (χ4v) is 2.16. The zero-order chi connectivity index (χ0) is 13.7. The molecule has 0 bridgehead atoms. The lowest BCUT2D eigenvalue weighted by molar-refractivity contribution is 0.0816. The summed E-state index contributed by atoms with van der Waals surface area (Å²) in [4.78, 5) is 14.5. The van der Waals surface area contributed by atoms with Gasteiger partial charge in [-0.25, -0.2) is 0 Å². The Morgan fingerprint density at radius 3 is 2.63 bits per heavy atom. The summed E-state index contributed by atoms with van der Waals surface area (Å²) in [5.41, 5.74) is 0. The SMILES string of the molecule is CCCOc1nc(Cl)nc(N2CCC(OC)CC2)n1. The van der Waals surface area contributed by atoms with Crippen molar-refractivity contribution in [1.82, 2.24) is 15.0 Å². The average molecular weight is 287 g/mol. The second-order valence-electron chi connectivity index (χ2n) is 4.46. The van der Waals surface area contributed by atoms with Gasteiger partial charge < -0.3 is 14.4 Å². The summed E-state index contributed by atoms with van der Waals surface area (Å²) in [6.07, 6.45) is 3.15. The molecule has 1 saturated heterocycles. The Bertz CT molecular complexity index is 411. The van der Waals surface area contributed by atoms with Gasteiger partial charge in [-0.3, -0.25) is 0 Å². The molecule has 1 aliphatic heterocycles. The summed E-state index contributed by atoms with van der Waals surface area (Å²) in [5.74, 6) is 0.584. The van der Waals surface area contributed by atoms with Crippen LogP contribution in [-0.2, 0) is 4.74 Å². The van der Waals surface area contributed by atoms with Gasteiger partial charge >= 0.3 is 6.01 Å². The first-order chi connectivity index (χ1) is 9.22. The minimum Gasteiger partial charge on any atom is -0.463 e. The Hall–Kier alpha value is -1.14. The Labute approximate surface area is 118 Å². The smallest absolute Gasteiger partial charge is 0.322 e. The normalized spacial score (nSPS) is 16.7. The molecule has 0 unspecified atom stereocenters. The van der Waals surface area contributed by atoms with Crippen LogP contribution in [0.5, 0.6) is 6.01 Å². The maximum absolute atomic E-state index is 5.91. The molecule has 6 nitrogen and oxygen atoms in total. The van der Waals surface area contributed by atoms with E-state index in [2.05, 4.69) is 19.9 Å². The van der Waals surface area contributed by atoms with Gasteiger partial charge in [-0.15, -0.1) is 0 Å². The van der Waals surface area contributed by atoms with Crippen molar-refractivity contribution in [2.45, 2.75) is 32.3 Å². The number of aromatic nitrogens is 3. The fraction of sp³-hybridized carbons (Fsp3) is 0.750. The highest BCUT2D eigenvalue weighted by molar-refractivity contribution is 6.28. The van der Waals surface area contributed by atoms with Crippen LogP contribution in [0.15, 0.2) is 0 Å². The summed E-state index contributed by atoms with van der Waals surface area (Å²) < 4.78 is 10.8. The molecule has 1 aromatic heterocycles. The van der Waals surface area contributed by atoms with Crippen LogP contribution in [-0.4, -0.2) is 47.9 Å². The third-order valence-electron chi connectivity index (χ3n) is 3.07. The van der Waals surface area contributed by atoms with Crippen LogP contribution in [0.2, 0.25) is 5.28 Å². The third kappa shape index (κ3) is 3.91. The molecule has 106 valence electrons. The molecular weight excluding hydrogens is 268 g/mol. The molecule has 0 aliphatic carbocycles. The monoisotopic (exact) mass is 286 g/mol. The molecule has 0 amide bonds. The molecule has 1 aliphatic rings. The maximum Gasteiger partial charge on any atom is 0.322 e. The highest BCUT2D eigenvalue weighted by atomic mass is 35.5. The zero-order valence-corrected chi connectivity index (χ0v) is 12.1. The molecule has 0 saturated carbocycles. The molecule has 2 heterocycles. The zero-order valence-electron chi connectivity index (χ0n) is 11.3. The van der Waals surface area contributed by atoms with Crippen molar-refractivity contribution in [3.05, 3.63) is 5.28 Å². The van der Waals surface area contributed by atoms with E-state index in [0.29, 0.717) is 24.7 Å². The predicted octanol–water partition coefficient (Wildman–Crippen LogP) is 1.93. The van der Waals surface area contributed by atoms with Gasteiger partial charge in [0.15, 0.2) is 0 Å². The minimum atomic E-state index is 0.171. The number of rotatable bonds is 5. The second-order valence-corrected chi connectivity index (χ2v) is 4.80. The largest absolute Gasteiger partial charge is 0.463 e. The number of hydrogen-bond acceptors (Lipinski definition) is 6. The number of piperidine rings is 1. The molecule has 1 aromatic rings. The van der Waals surface area contributed by atoms with Gasteiger partial charge in [-0.05, 0) is 30.9 Å². The van der Waals surface area contributed by atoms with E-state index in [1.54, 1.807) is 7.11 Å². The number of anilines is 1. The summed E-state index contributed by atoms with van der Waals surface area (Å²) in [5, 5.41) is 0.171. The summed E-state index contributed by atoms with van der Waals surface area (Å²) in [6.45, 7) is 4.31. The van der Waals surface area contributed by atoms with Gasteiger partial charge in [0.2, 0.25) is 11.2 Å². The van der Waals surface area contributed by atoms with Crippen molar-refractivity contribution in [2.24, 2.45) is 0 Å². The van der Waals surface area contributed by atoms with Crippen molar-refractivity contribution < 1.29 is 9.47 Å². The van der Waals surface area contributed by atoms with Crippen LogP contribution in [0.3, 0.4) is 0 Å². The molecular formula is C12H19ClN4O2. The molecule has 2 rings (SSSR count). The second kappa shape index (κ2) is 6.86. The maximum atomic E-state index is 5.91. The lowest BCUT2D eigenvalue weighted by Gasteiger charge is -2.31. The third-order valence-corrected chi connectivity index (χ3v) is 3.24. The quantitative estimate of drug-likeness (QED) is 0.824. The van der Waals surface area contributed by atoms with Crippen molar-refractivity contribution in [3.63, 3.8) is 0 Å². The number of methoxy groups -OCH3 is 1. The molecule has 19 heavy (non-hydrogen) atoms. The number of ether oxygens (including phenoxy) is 2. The van der Waals surface area contributed by atoms with Crippen LogP contribution in [0.4, 0.5) is 5.95 Å². The van der Waals surface area contributed by atoms with Crippen molar-refractivity contribution in [1.29, 1.82) is 0 Å². The highest BCUT2D eigenvalue weighted by Crippen LogP contribution is 2.20. The Morgan fingerprint density at radius 2 is 2.00 bits per heavy atom. The highest BCUT2D eigenvalue weighted by Gasteiger charge is 2.21. The first-order valence-electron chi connectivity index (χ1n) is 6.55. The lowest BCUT2D eigenvalue weighted by Crippen LogP contribution is -2.37. The molecule has 0 aromatic carbocycles. The van der Waals surface area contributed by atoms with Gasteiger partial charge in [-0.1, -0.05) is 6.92 Å². The summed E-state index contributed by atoms with van der Waals surface area (Å²) in [6, 6.07) is 0.297. The van der Waals surface area contributed by atoms with E-state index in [0.717, 1.165) is 32.4 Å². The van der Waals surface area contributed by atoms with Gasteiger partial charge in [-0.2, -0.15) is 15.0 Å². The van der Waals surface area contributed by atoms with Crippen LogP contribution < -0.4 is 9.64 Å². The van der Waals surface area contributed by atoms with E-state index in [1.165, 1.54) is 0 Å². The van der Waals surface area contributed by atoms with Crippen LogP contribution in [0.1, 0.15) is 26.2 Å². The van der Waals surface area contributed by atoms with Crippen LogP contribution in [0.25, 0.3) is 0 Å². The molecule has 0 spiro atoms. The number of nitrogens with zero attached hydrogens (tertiary/aromatic N) is 4. The first kappa shape index (κ1) is 14.3. The molecule has 0 radical (unpaired) electrons. The standard InChI is InChI=1S/C12H19ClN4O2/c1-3-8-19-12-15-10(13)14-11(16-12)17-6-4-9(18-2)5-7-17/h9H,3-8H2,1-2H3. The van der Waals surface area contributed by atoms with Crippen molar-refractivity contribution >= 4 is 17.5 Å². The Kier molecular flexibility index (Phi) is 5.15. The van der Waals surface area contributed by atoms with Crippen LogP contribution >= 0.6 is 11.6 Å². The predicted molar refractivity (Wildman–Crippen MR) is 72.9 cm³/mol. The number of halogens is 1. The molecule has 7 heteroatoms. The Balaban J connectivity index is 2.05. The van der Waals surface area contributed by atoms with Gasteiger partial charge in [0.25, 0.3) is 0 Å². The van der Waals surface area contributed by atoms with Crippen LogP contribution in [0, 0.1) is 0 Å². The van der Waals surface area contributed by atoms with E-state index in [4.69, 9.17) is 21.1 Å². The van der Waals surface area contributed by atoms with Gasteiger partial charge in [0.05, 0.1) is 12.7 Å². The van der Waals surface area contributed by atoms with Gasteiger partial charge in [0.1, 0.15) is 0 Å². The molecule has 0 N–H and O–H groups in total. The van der Waals surface area contributed by atoms with E-state index < -0.39 is 0 Å². The van der Waals surface area contributed by atoms with Crippen molar-refractivity contribution in [2.75, 3.05) is 31.7 Å². The first-order valence-corrected chi connectivity index (χ1v) is 6.93. The Morgan fingerprint density at radius 1 is 1.26 bits per heavy atom. The fourth-order valence-electron chi connectivity index (χ4n) is 2.01. The van der Waals surface area contributed by atoms with E-state index >= 15 is 0 Å². The molecule has 0 atom stereocenters. The minimum absolute atomic E-state index is 0.171. The topological polar surface area (TPSA) is 60.4 Å². The van der Waals surface area contributed by atoms with Gasteiger partial charge in [0, 0.05) is 20.2 Å². The summed E-state index contributed by atoms with van der Waals surface area (Å²) in [7, 11) is 1.75. The summed E-state index contributed by atoms with van der Waals surface area (Å²) >= 11 is 5.91. The van der Waals surface area contributed by atoms with Crippen molar-refractivity contribution in [3.8, 4) is 6.01 Å². The van der Waals surface area contributed by atoms with E-state index in [1.807, 2.05) is 6.92 Å². The lowest BCUT2D eigenvalue weighted by atomic mass is 10.1. The van der Waals surface area contributed by atoms with E-state index in [9.17, 15) is 0 Å². The number of hydrogen-bond donors (Lipinski definition) is 0. The van der Waals surface area contributed by atoms with E-state index in [-0.39, 0.29) is 5.28 Å². The molecule has 1 fully saturated rings. The average Bonchev–Trinajstić information content (AvgIpc) is 2.44.